The van der Waals surface area contributed by atoms with E-state index in [4.69, 9.17) is 4.99 Å². The van der Waals surface area contributed by atoms with Gasteiger partial charge in [-0.25, -0.2) is 0 Å². The van der Waals surface area contributed by atoms with Crippen molar-refractivity contribution in [3.63, 3.8) is 0 Å². The van der Waals surface area contributed by atoms with Crippen LogP contribution in [0.25, 0.3) is 0 Å². The van der Waals surface area contributed by atoms with E-state index < -0.39 is 0 Å². The van der Waals surface area contributed by atoms with E-state index in [2.05, 4.69) is 47.4 Å². The number of hydrogen-bond acceptors (Lipinski definition) is 3. The lowest BCUT2D eigenvalue weighted by Gasteiger charge is -2.10. The minimum atomic E-state index is 0.436. The molecule has 2 nitrogen and oxygen atoms in total. The SMILES string of the molecule is c1ccc(C2CSC(=NCC3CCCS3)N2)cc1. The quantitative estimate of drug-likeness (QED) is 0.918. The largest absolute Gasteiger partial charge is 0.357 e. The van der Waals surface area contributed by atoms with Crippen molar-refractivity contribution in [1.82, 2.24) is 5.32 Å². The predicted octanol–water partition coefficient (Wildman–Crippen LogP) is 3.32. The van der Waals surface area contributed by atoms with Gasteiger partial charge in [0.15, 0.2) is 5.17 Å². The van der Waals surface area contributed by atoms with Crippen LogP contribution in [0.2, 0.25) is 0 Å². The van der Waals surface area contributed by atoms with Gasteiger partial charge in [0.05, 0.1) is 12.6 Å². The van der Waals surface area contributed by atoms with Crippen LogP contribution < -0.4 is 5.32 Å². The van der Waals surface area contributed by atoms with Crippen molar-refractivity contribution in [1.29, 1.82) is 0 Å². The first-order valence-electron chi connectivity index (χ1n) is 6.52. The molecule has 1 aromatic carbocycles. The number of hydrogen-bond donors (Lipinski definition) is 1. The van der Waals surface area contributed by atoms with Crippen molar-refractivity contribution < 1.29 is 0 Å². The summed E-state index contributed by atoms with van der Waals surface area (Å²) in [7, 11) is 0. The highest BCUT2D eigenvalue weighted by Crippen LogP contribution is 2.28. The predicted molar refractivity (Wildman–Crippen MR) is 82.6 cm³/mol. The minimum Gasteiger partial charge on any atom is -0.357 e. The Labute approximate surface area is 117 Å². The molecule has 2 aliphatic heterocycles. The topological polar surface area (TPSA) is 24.4 Å². The molecule has 2 saturated heterocycles. The maximum atomic E-state index is 4.73. The van der Waals surface area contributed by atoms with Crippen LogP contribution in [0.3, 0.4) is 0 Å². The van der Waals surface area contributed by atoms with Crippen LogP contribution in [0.1, 0.15) is 24.4 Å². The molecule has 0 radical (unpaired) electrons. The zero-order chi connectivity index (χ0) is 12.2. The molecule has 2 unspecified atom stereocenters. The Bertz CT molecular complexity index is 413. The summed E-state index contributed by atoms with van der Waals surface area (Å²) in [6.07, 6.45) is 2.71. The first-order chi connectivity index (χ1) is 8.92. The third kappa shape index (κ3) is 3.04. The molecule has 2 aliphatic rings. The molecule has 2 heterocycles. The van der Waals surface area contributed by atoms with Crippen molar-refractivity contribution in [2.75, 3.05) is 18.1 Å². The molecule has 2 fully saturated rings. The van der Waals surface area contributed by atoms with Gasteiger partial charge in [0, 0.05) is 11.0 Å². The summed E-state index contributed by atoms with van der Waals surface area (Å²) < 4.78 is 0. The van der Waals surface area contributed by atoms with Crippen molar-refractivity contribution in [3.8, 4) is 0 Å². The molecule has 1 aromatic rings. The Morgan fingerprint density at radius 3 is 2.94 bits per heavy atom. The number of amidine groups is 1. The van der Waals surface area contributed by atoms with E-state index in [0.29, 0.717) is 6.04 Å². The maximum absolute atomic E-state index is 4.73. The highest BCUT2D eigenvalue weighted by Gasteiger charge is 2.22. The van der Waals surface area contributed by atoms with Crippen LogP contribution in [-0.2, 0) is 0 Å². The third-order valence-corrected chi connectivity index (χ3v) is 5.75. The van der Waals surface area contributed by atoms with Gasteiger partial charge >= 0.3 is 0 Å². The lowest BCUT2D eigenvalue weighted by Crippen LogP contribution is -2.20. The van der Waals surface area contributed by atoms with Gasteiger partial charge in [-0.05, 0) is 24.2 Å². The van der Waals surface area contributed by atoms with Gasteiger partial charge in [-0.3, -0.25) is 4.99 Å². The Balaban J connectivity index is 1.56. The number of benzene rings is 1. The van der Waals surface area contributed by atoms with Gasteiger partial charge in [-0.2, -0.15) is 11.8 Å². The summed E-state index contributed by atoms with van der Waals surface area (Å²) >= 11 is 3.94. The Hall–Kier alpha value is -0.610. The Kier molecular flexibility index (Phi) is 4.16. The zero-order valence-electron chi connectivity index (χ0n) is 10.3. The van der Waals surface area contributed by atoms with Crippen molar-refractivity contribution >= 4 is 28.7 Å². The fourth-order valence-corrected chi connectivity index (χ4v) is 4.50. The van der Waals surface area contributed by atoms with Gasteiger partial charge < -0.3 is 5.32 Å². The molecule has 18 heavy (non-hydrogen) atoms. The summed E-state index contributed by atoms with van der Waals surface area (Å²) in [5, 5.41) is 5.43. The molecule has 0 aromatic heterocycles. The second kappa shape index (κ2) is 6.02. The lowest BCUT2D eigenvalue weighted by atomic mass is 10.1. The average Bonchev–Trinajstić information content (AvgIpc) is 3.09. The zero-order valence-corrected chi connectivity index (χ0v) is 12.0. The summed E-state index contributed by atoms with van der Waals surface area (Å²) in [6.45, 7) is 0.988. The van der Waals surface area contributed by atoms with E-state index in [0.717, 1.165) is 22.7 Å². The number of thioether (sulfide) groups is 2. The number of aliphatic imine (C=N–C) groups is 1. The van der Waals surface area contributed by atoms with Crippen LogP contribution in [0, 0.1) is 0 Å². The molecular weight excluding hydrogens is 260 g/mol. The van der Waals surface area contributed by atoms with Gasteiger partial charge in [-0.15, -0.1) is 0 Å². The molecule has 4 heteroatoms. The molecule has 1 N–H and O–H groups in total. The third-order valence-electron chi connectivity index (χ3n) is 3.35. The van der Waals surface area contributed by atoms with Gasteiger partial charge in [-0.1, -0.05) is 42.1 Å². The maximum Gasteiger partial charge on any atom is 0.157 e. The molecule has 0 amide bonds. The molecule has 0 aliphatic carbocycles. The van der Waals surface area contributed by atoms with E-state index in [-0.39, 0.29) is 0 Å². The van der Waals surface area contributed by atoms with Crippen LogP contribution in [0.4, 0.5) is 0 Å². The van der Waals surface area contributed by atoms with E-state index in [1.165, 1.54) is 24.2 Å². The van der Waals surface area contributed by atoms with E-state index in [1.54, 1.807) is 0 Å². The summed E-state index contributed by atoms with van der Waals surface area (Å²) in [4.78, 5) is 4.73. The highest BCUT2D eigenvalue weighted by molar-refractivity contribution is 8.14. The van der Waals surface area contributed by atoms with Crippen LogP contribution >= 0.6 is 23.5 Å². The van der Waals surface area contributed by atoms with Crippen LogP contribution in [-0.4, -0.2) is 28.5 Å². The normalized spacial score (nSPS) is 29.7. The van der Waals surface area contributed by atoms with Crippen LogP contribution in [0.5, 0.6) is 0 Å². The standard InChI is InChI=1S/C14H18N2S2/c1-2-5-11(6-3-1)13-10-18-14(16-13)15-9-12-7-4-8-17-12/h1-3,5-6,12-13H,4,7-10H2,(H,15,16). The highest BCUT2D eigenvalue weighted by atomic mass is 32.2. The van der Waals surface area contributed by atoms with Crippen molar-refractivity contribution in [2.45, 2.75) is 24.1 Å². The Morgan fingerprint density at radius 2 is 2.17 bits per heavy atom. The van der Waals surface area contributed by atoms with Crippen molar-refractivity contribution in [2.24, 2.45) is 4.99 Å². The van der Waals surface area contributed by atoms with Gasteiger partial charge in [0.25, 0.3) is 0 Å². The molecule has 0 saturated carbocycles. The number of nitrogens with one attached hydrogen (secondary N) is 1. The van der Waals surface area contributed by atoms with Gasteiger partial charge in [0.2, 0.25) is 0 Å². The van der Waals surface area contributed by atoms with Crippen molar-refractivity contribution in [3.05, 3.63) is 35.9 Å². The Morgan fingerprint density at radius 1 is 1.28 bits per heavy atom. The molecule has 3 rings (SSSR count). The number of rotatable bonds is 3. The molecule has 2 atom stereocenters. The van der Waals surface area contributed by atoms with Gasteiger partial charge in [0.1, 0.15) is 0 Å². The molecular formula is C14H18N2S2. The second-order valence-electron chi connectivity index (χ2n) is 4.70. The van der Waals surface area contributed by atoms with E-state index in [9.17, 15) is 0 Å². The first-order valence-corrected chi connectivity index (χ1v) is 8.55. The molecule has 96 valence electrons. The second-order valence-corrected chi connectivity index (χ2v) is 7.12. The molecule has 0 bridgehead atoms. The molecule has 0 spiro atoms. The number of nitrogens with zero attached hydrogens (tertiary/aromatic N) is 1. The fourth-order valence-electron chi connectivity index (χ4n) is 2.32. The first kappa shape index (κ1) is 12.4. The van der Waals surface area contributed by atoms with E-state index in [1.807, 2.05) is 11.8 Å². The monoisotopic (exact) mass is 278 g/mol. The summed E-state index contributed by atoms with van der Waals surface area (Å²) in [6, 6.07) is 11.1. The minimum absolute atomic E-state index is 0.436. The summed E-state index contributed by atoms with van der Waals surface area (Å²) in [5.41, 5.74) is 1.37. The smallest absolute Gasteiger partial charge is 0.157 e. The summed E-state index contributed by atoms with van der Waals surface area (Å²) in [5.74, 6) is 2.42. The van der Waals surface area contributed by atoms with Crippen LogP contribution in [0.15, 0.2) is 35.3 Å². The lowest BCUT2D eigenvalue weighted by molar-refractivity contribution is 0.741. The van der Waals surface area contributed by atoms with E-state index >= 15 is 0 Å². The average molecular weight is 278 g/mol. The fraction of sp³-hybridized carbons (Fsp3) is 0.500.